The Hall–Kier alpha value is -3.89. The summed E-state index contributed by atoms with van der Waals surface area (Å²) < 4.78 is 29.1. The lowest BCUT2D eigenvalue weighted by Gasteiger charge is -2.19. The van der Waals surface area contributed by atoms with Gasteiger partial charge in [-0.1, -0.05) is 12.1 Å². The number of nitrogens with one attached hydrogen (secondary N) is 2. The van der Waals surface area contributed by atoms with E-state index in [9.17, 15) is 22.8 Å². The van der Waals surface area contributed by atoms with Crippen LogP contribution in [0.25, 0.3) is 21.4 Å². The predicted molar refractivity (Wildman–Crippen MR) is 114 cm³/mol. The summed E-state index contributed by atoms with van der Waals surface area (Å²) >= 11 is 0.972. The molecule has 1 aromatic carbocycles. The Balaban J connectivity index is 1.44. The third-order valence-corrected chi connectivity index (χ3v) is 7.17. The van der Waals surface area contributed by atoms with Crippen molar-refractivity contribution in [2.24, 2.45) is 0 Å². The number of sulfonamides is 1. The SMILES string of the molecule is O=C(O)ON(CCNS(=O)(=O)c1nc2ccccc2s1)C(=O)Cn1cnc2c(=O)[nH]cnc21. The fourth-order valence-electron chi connectivity index (χ4n) is 2.86. The Morgan fingerprint density at radius 1 is 1.27 bits per heavy atom. The second kappa shape index (κ2) is 8.93. The number of carboxylic acid groups (broad SMARTS) is 1. The molecule has 4 aromatic rings. The summed E-state index contributed by atoms with van der Waals surface area (Å²) in [6, 6.07) is 6.89. The molecule has 1 amide bonds. The van der Waals surface area contributed by atoms with Crippen LogP contribution in [0.15, 0.2) is 46.1 Å². The Morgan fingerprint density at radius 2 is 2.06 bits per heavy atom. The number of thiazole rings is 1. The molecule has 0 spiro atoms. The van der Waals surface area contributed by atoms with Gasteiger partial charge in [-0.25, -0.2) is 32.9 Å². The number of hydrogen-bond acceptors (Lipinski definition) is 10. The lowest BCUT2D eigenvalue weighted by molar-refractivity contribution is -0.170. The molecule has 0 saturated heterocycles. The number of aromatic nitrogens is 5. The maximum atomic E-state index is 12.6. The lowest BCUT2D eigenvalue weighted by Crippen LogP contribution is -2.41. The largest absolute Gasteiger partial charge is 0.530 e. The van der Waals surface area contributed by atoms with Crippen molar-refractivity contribution in [2.75, 3.05) is 13.1 Å². The quantitative estimate of drug-likeness (QED) is 0.299. The van der Waals surface area contributed by atoms with Crippen molar-refractivity contribution >= 4 is 54.8 Å². The van der Waals surface area contributed by atoms with Crippen molar-refractivity contribution in [3.63, 3.8) is 0 Å². The third kappa shape index (κ3) is 4.81. The fraction of sp³-hybridized carbons (Fsp3) is 0.176. The molecule has 0 aliphatic rings. The summed E-state index contributed by atoms with van der Waals surface area (Å²) in [5, 5.41) is 9.43. The van der Waals surface area contributed by atoms with Gasteiger partial charge in [0.25, 0.3) is 21.5 Å². The normalized spacial score (nSPS) is 11.6. The second-order valence-corrected chi connectivity index (χ2v) is 9.45. The van der Waals surface area contributed by atoms with Crippen molar-refractivity contribution in [2.45, 2.75) is 10.9 Å². The van der Waals surface area contributed by atoms with E-state index in [1.54, 1.807) is 24.3 Å². The van der Waals surface area contributed by atoms with E-state index < -0.39 is 40.7 Å². The molecule has 0 unspecified atom stereocenters. The van der Waals surface area contributed by atoms with E-state index in [-0.39, 0.29) is 22.0 Å². The van der Waals surface area contributed by atoms with Crippen LogP contribution in [0.5, 0.6) is 0 Å². The van der Waals surface area contributed by atoms with Gasteiger partial charge < -0.3 is 19.5 Å². The van der Waals surface area contributed by atoms with Gasteiger partial charge in [0.1, 0.15) is 6.54 Å². The van der Waals surface area contributed by atoms with Gasteiger partial charge in [-0.15, -0.1) is 11.3 Å². The number of carbonyl (C=O) groups excluding carboxylic acids is 1. The molecule has 172 valence electrons. The van der Waals surface area contributed by atoms with Crippen LogP contribution in [0.1, 0.15) is 0 Å². The first kappa shape index (κ1) is 22.3. The van der Waals surface area contributed by atoms with E-state index in [0.29, 0.717) is 15.3 Å². The fourth-order valence-corrected chi connectivity index (χ4v) is 5.14. The van der Waals surface area contributed by atoms with Crippen molar-refractivity contribution in [3.8, 4) is 0 Å². The average molecular weight is 493 g/mol. The van der Waals surface area contributed by atoms with Gasteiger partial charge in [0, 0.05) is 6.54 Å². The Labute approximate surface area is 188 Å². The summed E-state index contributed by atoms with van der Waals surface area (Å²) in [5.74, 6) is -0.835. The number of para-hydroxylation sites is 1. The van der Waals surface area contributed by atoms with E-state index in [2.05, 4.69) is 29.5 Å². The van der Waals surface area contributed by atoms with Gasteiger partial charge in [0.2, 0.25) is 4.34 Å². The first-order chi connectivity index (χ1) is 15.7. The number of aromatic amines is 1. The van der Waals surface area contributed by atoms with E-state index in [1.165, 1.54) is 10.9 Å². The van der Waals surface area contributed by atoms with E-state index in [0.717, 1.165) is 17.7 Å². The number of carbonyl (C=O) groups is 2. The van der Waals surface area contributed by atoms with Crippen molar-refractivity contribution in [1.82, 2.24) is 34.3 Å². The summed E-state index contributed by atoms with van der Waals surface area (Å²) in [6.07, 6.45) is 0.567. The molecule has 4 rings (SSSR count). The standard InChI is InChI=1S/C17H15N7O7S2/c25-12(7-23-9-20-13-14(23)18-8-19-15(13)26)24(31-17(27)28)6-5-21-33(29,30)16-22-10-3-1-2-4-11(10)32-16/h1-4,8-9,21H,5-7H2,(H,27,28)(H,18,19,26). The van der Waals surface area contributed by atoms with E-state index >= 15 is 0 Å². The molecule has 0 bridgehead atoms. The Bertz CT molecular complexity index is 1480. The summed E-state index contributed by atoms with van der Waals surface area (Å²) in [6.45, 7) is -1.22. The minimum Gasteiger partial charge on any atom is -0.448 e. The van der Waals surface area contributed by atoms with Crippen LogP contribution in [0, 0.1) is 0 Å². The maximum absolute atomic E-state index is 12.6. The number of fused-ring (bicyclic) bond motifs is 2. The van der Waals surface area contributed by atoms with Crippen LogP contribution >= 0.6 is 11.3 Å². The van der Waals surface area contributed by atoms with Crippen LogP contribution in [0.3, 0.4) is 0 Å². The molecular weight excluding hydrogens is 478 g/mol. The van der Waals surface area contributed by atoms with Crippen molar-refractivity contribution in [1.29, 1.82) is 0 Å². The van der Waals surface area contributed by atoms with Crippen LogP contribution in [-0.4, -0.2) is 68.2 Å². The van der Waals surface area contributed by atoms with Gasteiger partial charge in [-0.2, -0.15) is 5.06 Å². The number of hydrogen-bond donors (Lipinski definition) is 3. The van der Waals surface area contributed by atoms with Gasteiger partial charge in [-0.05, 0) is 12.1 Å². The number of imidazole rings is 1. The zero-order valence-electron chi connectivity index (χ0n) is 16.5. The van der Waals surface area contributed by atoms with Crippen LogP contribution < -0.4 is 10.3 Å². The highest BCUT2D eigenvalue weighted by molar-refractivity contribution is 7.91. The molecule has 3 heterocycles. The minimum absolute atomic E-state index is 0.000372. The molecule has 0 saturated carbocycles. The van der Waals surface area contributed by atoms with Crippen LogP contribution in [0.2, 0.25) is 0 Å². The highest BCUT2D eigenvalue weighted by atomic mass is 32.2. The van der Waals surface area contributed by atoms with Gasteiger partial charge >= 0.3 is 6.16 Å². The minimum atomic E-state index is -4.00. The number of hydroxylamine groups is 2. The first-order valence-corrected chi connectivity index (χ1v) is 11.5. The molecule has 0 aliphatic carbocycles. The molecule has 0 radical (unpaired) electrons. The smallest absolute Gasteiger partial charge is 0.448 e. The number of rotatable bonds is 7. The van der Waals surface area contributed by atoms with Gasteiger partial charge in [0.05, 0.1) is 29.4 Å². The lowest BCUT2D eigenvalue weighted by atomic mass is 10.3. The van der Waals surface area contributed by atoms with Gasteiger partial charge in [-0.3, -0.25) is 9.59 Å². The molecular formula is C17H15N7O7S2. The molecule has 14 nitrogen and oxygen atoms in total. The zero-order valence-corrected chi connectivity index (χ0v) is 18.2. The molecule has 0 aliphatic heterocycles. The second-order valence-electron chi connectivity index (χ2n) is 6.47. The molecule has 16 heteroatoms. The van der Waals surface area contributed by atoms with Crippen molar-refractivity contribution in [3.05, 3.63) is 47.3 Å². The third-order valence-electron chi connectivity index (χ3n) is 4.29. The average Bonchev–Trinajstić information content (AvgIpc) is 3.38. The number of amides is 1. The summed E-state index contributed by atoms with van der Waals surface area (Å²) in [7, 11) is -4.00. The summed E-state index contributed by atoms with van der Waals surface area (Å²) in [4.78, 5) is 54.1. The highest BCUT2D eigenvalue weighted by Crippen LogP contribution is 2.24. The van der Waals surface area contributed by atoms with E-state index in [4.69, 9.17) is 5.11 Å². The monoisotopic (exact) mass is 493 g/mol. The molecule has 33 heavy (non-hydrogen) atoms. The number of benzene rings is 1. The number of H-pyrrole nitrogens is 1. The van der Waals surface area contributed by atoms with E-state index in [1.807, 2.05) is 0 Å². The molecule has 0 fully saturated rings. The maximum Gasteiger partial charge on any atom is 0.530 e. The molecule has 3 aromatic heterocycles. The predicted octanol–water partition coefficient (Wildman–Crippen LogP) is 0.146. The topological polar surface area (TPSA) is 189 Å². The van der Waals surface area contributed by atoms with Crippen molar-refractivity contribution < 1.29 is 28.0 Å². The number of nitrogens with zero attached hydrogens (tertiary/aromatic N) is 5. The zero-order chi connectivity index (χ0) is 23.6. The molecule has 3 N–H and O–H groups in total. The Kier molecular flexibility index (Phi) is 6.03. The Morgan fingerprint density at radius 3 is 2.82 bits per heavy atom. The highest BCUT2D eigenvalue weighted by Gasteiger charge is 2.23. The van der Waals surface area contributed by atoms with Crippen LogP contribution in [0.4, 0.5) is 4.79 Å². The summed E-state index contributed by atoms with van der Waals surface area (Å²) in [5.41, 5.74) is 0.126. The first-order valence-electron chi connectivity index (χ1n) is 9.19. The molecule has 0 atom stereocenters. The van der Waals surface area contributed by atoms with Gasteiger partial charge in [0.15, 0.2) is 11.2 Å². The van der Waals surface area contributed by atoms with Crippen LogP contribution in [-0.2, 0) is 26.2 Å².